The fraction of sp³-hybridized carbons (Fsp3) is 1.00. The van der Waals surface area contributed by atoms with Crippen LogP contribution in [0, 0.1) is 0 Å². The average Bonchev–Trinajstić information content (AvgIpc) is 2.36. The summed E-state index contributed by atoms with van der Waals surface area (Å²) in [5, 5.41) is 0. The monoisotopic (exact) mass is 308 g/mol. The van der Waals surface area contributed by atoms with Crippen LogP contribution in [0.1, 0.15) is 0 Å². The summed E-state index contributed by atoms with van der Waals surface area (Å²) in [6.45, 7) is 0.0226. The molecule has 1 heterocycles. The highest BCUT2D eigenvalue weighted by molar-refractivity contribution is 6.66. The van der Waals surface area contributed by atoms with Gasteiger partial charge in [-0.05, 0) is 0 Å². The van der Waals surface area contributed by atoms with Gasteiger partial charge >= 0.3 is 13.9 Å². The van der Waals surface area contributed by atoms with E-state index in [2.05, 4.69) is 0 Å². The zero-order valence-corrected chi connectivity index (χ0v) is 10.2. The maximum atomic E-state index is 5.31. The summed E-state index contributed by atoms with van der Waals surface area (Å²) >= 11 is 31.8. The molecule has 0 aromatic heterocycles. The molecule has 0 saturated carbocycles. The summed E-state index contributed by atoms with van der Waals surface area (Å²) in [5.41, 5.74) is 0. The zero-order valence-electron chi connectivity index (χ0n) is 5.70. The maximum absolute atomic E-state index is 5.31. The largest absolute Gasteiger partial charge is 0.317 e. The van der Waals surface area contributed by atoms with Gasteiger partial charge in [0.1, 0.15) is 6.61 Å². The summed E-state index contributed by atoms with van der Waals surface area (Å²) in [7, 11) is 0. The highest BCUT2D eigenvalue weighted by Crippen LogP contribution is 2.45. The van der Waals surface area contributed by atoms with Crippen LogP contribution in [0.3, 0.4) is 0 Å². The predicted octanol–water partition coefficient (Wildman–Crippen LogP) is 3.36. The van der Waals surface area contributed by atoms with Crippen LogP contribution in [0.5, 0.6) is 0 Å². The van der Waals surface area contributed by atoms with E-state index in [1.165, 1.54) is 0 Å². The smallest absolute Gasteiger partial charge is 0.315 e. The Morgan fingerprint density at radius 3 is 1.38 bits per heavy atom. The van der Waals surface area contributed by atoms with Crippen molar-refractivity contribution in [3.63, 3.8) is 0 Å². The molecular weight excluding hydrogens is 309 g/mol. The van der Waals surface area contributed by atoms with E-state index in [1.807, 2.05) is 0 Å². The first-order chi connectivity index (χ1) is 5.62. The number of epoxide rings is 1. The van der Waals surface area contributed by atoms with Crippen molar-refractivity contribution >= 4 is 69.6 Å². The van der Waals surface area contributed by atoms with Crippen LogP contribution in [-0.4, -0.2) is 20.5 Å². The van der Waals surface area contributed by atoms with Crippen molar-refractivity contribution in [2.75, 3.05) is 6.61 Å². The molecule has 78 valence electrons. The minimum absolute atomic E-state index is 0.0226. The standard InChI is InChI=1S/C4H2Cl6O3/c5-3(6,7)12-2(1-11-2)13-4(8,9)10/h1H2. The van der Waals surface area contributed by atoms with Crippen LogP contribution >= 0.6 is 69.6 Å². The summed E-state index contributed by atoms with van der Waals surface area (Å²) in [6, 6.07) is 0. The van der Waals surface area contributed by atoms with Gasteiger partial charge in [-0.3, -0.25) is 9.47 Å². The van der Waals surface area contributed by atoms with Crippen LogP contribution in [0.4, 0.5) is 0 Å². The van der Waals surface area contributed by atoms with Crippen LogP contribution in [0.15, 0.2) is 0 Å². The number of ether oxygens (including phenoxy) is 3. The molecule has 1 aliphatic heterocycles. The quantitative estimate of drug-likeness (QED) is 0.445. The van der Waals surface area contributed by atoms with E-state index in [4.69, 9.17) is 83.8 Å². The number of alkyl halides is 6. The van der Waals surface area contributed by atoms with Crippen LogP contribution < -0.4 is 0 Å². The summed E-state index contributed by atoms with van der Waals surface area (Å²) < 4.78 is 10.1. The molecule has 3 nitrogen and oxygen atoms in total. The molecule has 0 bridgehead atoms. The zero-order chi connectivity index (χ0) is 10.3. The van der Waals surface area contributed by atoms with E-state index in [9.17, 15) is 0 Å². The van der Waals surface area contributed by atoms with E-state index in [0.717, 1.165) is 0 Å². The second-order valence-electron chi connectivity index (χ2n) is 2.07. The van der Waals surface area contributed by atoms with Gasteiger partial charge in [0.05, 0.1) is 0 Å². The fourth-order valence-corrected chi connectivity index (χ4v) is 1.26. The lowest BCUT2D eigenvalue weighted by Crippen LogP contribution is -2.31. The van der Waals surface area contributed by atoms with Gasteiger partial charge in [-0.25, -0.2) is 0 Å². The van der Waals surface area contributed by atoms with Crippen molar-refractivity contribution in [2.24, 2.45) is 0 Å². The molecule has 1 aliphatic rings. The SMILES string of the molecule is ClC(Cl)(Cl)OC1(OC(Cl)(Cl)Cl)CO1. The number of hydrogen-bond donors (Lipinski definition) is 0. The van der Waals surface area contributed by atoms with Crippen molar-refractivity contribution in [3.05, 3.63) is 0 Å². The van der Waals surface area contributed by atoms with Gasteiger partial charge in [-0.15, -0.1) is 0 Å². The van der Waals surface area contributed by atoms with Gasteiger partial charge in [0.15, 0.2) is 0 Å². The van der Waals surface area contributed by atoms with Crippen molar-refractivity contribution in [1.82, 2.24) is 0 Å². The second-order valence-corrected chi connectivity index (χ2v) is 6.42. The lowest BCUT2D eigenvalue weighted by molar-refractivity contribution is -0.234. The Bertz CT molecular complexity index is 173. The molecule has 1 rings (SSSR count). The number of rotatable bonds is 2. The van der Waals surface area contributed by atoms with Gasteiger partial charge in [0, 0.05) is 0 Å². The molecule has 0 amide bonds. The molecule has 0 radical (unpaired) electrons. The van der Waals surface area contributed by atoms with Gasteiger partial charge in [-0.1, -0.05) is 69.6 Å². The first-order valence-corrected chi connectivity index (χ1v) is 5.06. The van der Waals surface area contributed by atoms with E-state index in [1.54, 1.807) is 0 Å². The number of halogens is 6. The minimum atomic E-state index is -1.99. The molecule has 0 aromatic carbocycles. The van der Waals surface area contributed by atoms with Gasteiger partial charge in [-0.2, -0.15) is 0 Å². The van der Waals surface area contributed by atoms with E-state index in [0.29, 0.717) is 0 Å². The predicted molar refractivity (Wildman–Crippen MR) is 51.4 cm³/mol. The molecule has 1 fully saturated rings. The Hall–Kier alpha value is 1.62. The topological polar surface area (TPSA) is 31.0 Å². The average molecular weight is 311 g/mol. The highest BCUT2D eigenvalue weighted by Gasteiger charge is 2.57. The van der Waals surface area contributed by atoms with Crippen molar-refractivity contribution < 1.29 is 14.2 Å². The van der Waals surface area contributed by atoms with E-state index in [-0.39, 0.29) is 6.61 Å². The molecule has 1 saturated heterocycles. The Kier molecular flexibility index (Phi) is 3.79. The summed E-state index contributed by atoms with van der Waals surface area (Å²) in [6.07, 6.45) is 0. The molecule has 0 spiro atoms. The van der Waals surface area contributed by atoms with Crippen molar-refractivity contribution in [2.45, 2.75) is 13.9 Å². The van der Waals surface area contributed by atoms with Crippen LogP contribution in [-0.2, 0) is 14.2 Å². The van der Waals surface area contributed by atoms with Crippen molar-refractivity contribution in [3.8, 4) is 0 Å². The van der Waals surface area contributed by atoms with Gasteiger partial charge in [0.25, 0.3) is 0 Å². The molecular formula is C4H2Cl6O3. The van der Waals surface area contributed by atoms with Gasteiger partial charge < -0.3 is 4.74 Å². The molecule has 0 aromatic rings. The van der Waals surface area contributed by atoms with E-state index >= 15 is 0 Å². The Balaban J connectivity index is 2.49. The van der Waals surface area contributed by atoms with Crippen LogP contribution in [0.25, 0.3) is 0 Å². The molecule has 13 heavy (non-hydrogen) atoms. The first kappa shape index (κ1) is 12.7. The fourth-order valence-electron chi connectivity index (χ4n) is 0.550. The highest BCUT2D eigenvalue weighted by atomic mass is 35.6. The van der Waals surface area contributed by atoms with Crippen LogP contribution in [0.2, 0.25) is 0 Å². The molecule has 0 aliphatic carbocycles. The molecule has 0 N–H and O–H groups in total. The summed E-state index contributed by atoms with van der Waals surface area (Å²) in [4.78, 5) is 0. The summed E-state index contributed by atoms with van der Waals surface area (Å²) in [5.74, 6) is -1.57. The lowest BCUT2D eigenvalue weighted by atomic mass is 10.8. The minimum Gasteiger partial charge on any atom is -0.317 e. The maximum Gasteiger partial charge on any atom is 0.315 e. The second kappa shape index (κ2) is 3.89. The van der Waals surface area contributed by atoms with Crippen molar-refractivity contribution in [1.29, 1.82) is 0 Å². The third-order valence-corrected chi connectivity index (χ3v) is 1.39. The number of hydrogen-bond acceptors (Lipinski definition) is 3. The Morgan fingerprint density at radius 2 is 1.23 bits per heavy atom. The normalized spacial score (nSPS) is 21.7. The van der Waals surface area contributed by atoms with Gasteiger partial charge in [0.2, 0.25) is 0 Å². The lowest BCUT2D eigenvalue weighted by Gasteiger charge is -2.22. The molecule has 0 atom stereocenters. The first-order valence-electron chi connectivity index (χ1n) is 2.80. The Labute approximate surface area is 104 Å². The molecule has 0 unspecified atom stereocenters. The molecule has 9 heteroatoms. The third kappa shape index (κ3) is 5.30. The third-order valence-electron chi connectivity index (χ3n) is 0.922. The van der Waals surface area contributed by atoms with E-state index < -0.39 is 13.9 Å². The Morgan fingerprint density at radius 1 is 0.923 bits per heavy atom.